The molecule has 0 radical (unpaired) electrons. The Morgan fingerprint density at radius 1 is 0.935 bits per heavy atom. The average Bonchev–Trinajstić information content (AvgIpc) is 3.27. The molecule has 1 atom stereocenters. The van der Waals surface area contributed by atoms with Crippen LogP contribution in [0.3, 0.4) is 0 Å². The number of rotatable bonds is 4. The molecule has 1 aliphatic rings. The quantitative estimate of drug-likeness (QED) is 0.623. The van der Waals surface area contributed by atoms with Gasteiger partial charge in [-0.3, -0.25) is 14.2 Å². The normalized spacial score (nSPS) is 15.5. The Bertz CT molecular complexity index is 1150. The number of hydrogen-bond acceptors (Lipinski definition) is 4. The van der Waals surface area contributed by atoms with E-state index in [9.17, 15) is 14.4 Å². The predicted molar refractivity (Wildman–Crippen MR) is 124 cm³/mol. The Kier molecular flexibility index (Phi) is 6.29. The fraction of sp³-hybridized carbons (Fsp3) is 0.136. The molecule has 7 nitrogen and oxygen atoms in total. The summed E-state index contributed by atoms with van der Waals surface area (Å²) in [5.74, 6) is 0.672. The molecule has 9 heteroatoms. The van der Waals surface area contributed by atoms with Gasteiger partial charge in [0, 0.05) is 40.1 Å². The van der Waals surface area contributed by atoms with E-state index in [1.54, 1.807) is 66.9 Å². The summed E-state index contributed by atoms with van der Waals surface area (Å²) in [7, 11) is 0. The zero-order valence-electron chi connectivity index (χ0n) is 16.3. The SMILES string of the molecule is O=C(Nc1ccc(-n2ccccc2=O)cc1)[C@@H]1CSCN1C(=O)Nc1ccc(Cl)cc1. The van der Waals surface area contributed by atoms with Crippen molar-refractivity contribution in [1.29, 1.82) is 0 Å². The second kappa shape index (κ2) is 9.28. The molecule has 3 aromatic rings. The zero-order valence-corrected chi connectivity index (χ0v) is 17.9. The van der Waals surface area contributed by atoms with Gasteiger partial charge in [-0.25, -0.2) is 4.79 Å². The summed E-state index contributed by atoms with van der Waals surface area (Å²) in [6.45, 7) is 0. The zero-order chi connectivity index (χ0) is 21.8. The molecule has 0 saturated carbocycles. The van der Waals surface area contributed by atoms with Crippen molar-refractivity contribution in [1.82, 2.24) is 9.47 Å². The Morgan fingerprint density at radius 2 is 1.61 bits per heavy atom. The number of amides is 3. The van der Waals surface area contributed by atoms with Crippen molar-refractivity contribution < 1.29 is 9.59 Å². The monoisotopic (exact) mass is 454 g/mol. The van der Waals surface area contributed by atoms with E-state index in [-0.39, 0.29) is 17.5 Å². The molecule has 1 saturated heterocycles. The smallest absolute Gasteiger partial charge is 0.323 e. The van der Waals surface area contributed by atoms with Crippen LogP contribution < -0.4 is 16.2 Å². The van der Waals surface area contributed by atoms with Gasteiger partial charge < -0.3 is 15.5 Å². The molecular weight excluding hydrogens is 436 g/mol. The van der Waals surface area contributed by atoms with Crippen molar-refractivity contribution in [3.05, 3.63) is 88.3 Å². The van der Waals surface area contributed by atoms with Crippen molar-refractivity contribution in [2.45, 2.75) is 6.04 Å². The average molecular weight is 455 g/mol. The number of halogens is 1. The van der Waals surface area contributed by atoms with Crippen molar-refractivity contribution in [3.63, 3.8) is 0 Å². The number of anilines is 2. The van der Waals surface area contributed by atoms with Crippen LogP contribution in [0.4, 0.5) is 16.2 Å². The molecule has 158 valence electrons. The summed E-state index contributed by atoms with van der Waals surface area (Å²) in [6.07, 6.45) is 1.68. The van der Waals surface area contributed by atoms with Crippen LogP contribution in [0.5, 0.6) is 0 Å². The summed E-state index contributed by atoms with van der Waals surface area (Å²) in [5, 5.41) is 6.23. The van der Waals surface area contributed by atoms with E-state index < -0.39 is 6.04 Å². The first-order chi connectivity index (χ1) is 15.0. The van der Waals surface area contributed by atoms with Crippen molar-refractivity contribution in [2.24, 2.45) is 0 Å². The third-order valence-corrected chi connectivity index (χ3v) is 6.04. The number of pyridine rings is 1. The van der Waals surface area contributed by atoms with Crippen LogP contribution in [0.2, 0.25) is 5.02 Å². The van der Waals surface area contributed by atoms with Gasteiger partial charge in [-0.2, -0.15) is 0 Å². The predicted octanol–water partition coefficient (Wildman–Crippen LogP) is 4.04. The second-order valence-electron chi connectivity index (χ2n) is 6.87. The highest BCUT2D eigenvalue weighted by atomic mass is 35.5. The largest absolute Gasteiger partial charge is 0.324 e. The van der Waals surface area contributed by atoms with Gasteiger partial charge in [0.1, 0.15) is 6.04 Å². The first-order valence-electron chi connectivity index (χ1n) is 9.51. The Hall–Kier alpha value is -3.23. The lowest BCUT2D eigenvalue weighted by molar-refractivity contribution is -0.119. The van der Waals surface area contributed by atoms with E-state index >= 15 is 0 Å². The van der Waals surface area contributed by atoms with Gasteiger partial charge in [0.2, 0.25) is 5.91 Å². The molecule has 1 aromatic heterocycles. The Labute approximate surface area is 188 Å². The fourth-order valence-electron chi connectivity index (χ4n) is 3.16. The molecule has 2 aromatic carbocycles. The highest BCUT2D eigenvalue weighted by Crippen LogP contribution is 2.24. The molecule has 0 unspecified atom stereocenters. The highest BCUT2D eigenvalue weighted by Gasteiger charge is 2.34. The topological polar surface area (TPSA) is 83.4 Å². The van der Waals surface area contributed by atoms with Crippen molar-refractivity contribution >= 4 is 46.7 Å². The van der Waals surface area contributed by atoms with Crippen LogP contribution in [0, 0.1) is 0 Å². The van der Waals surface area contributed by atoms with Gasteiger partial charge in [-0.15, -0.1) is 11.8 Å². The van der Waals surface area contributed by atoms with Gasteiger partial charge in [0.25, 0.3) is 5.56 Å². The molecule has 2 N–H and O–H groups in total. The second-order valence-corrected chi connectivity index (χ2v) is 8.30. The number of carbonyl (C=O) groups excluding carboxylic acids is 2. The van der Waals surface area contributed by atoms with Crippen molar-refractivity contribution in [2.75, 3.05) is 22.3 Å². The minimum Gasteiger partial charge on any atom is -0.324 e. The van der Waals surface area contributed by atoms with Crippen LogP contribution in [-0.4, -0.2) is 39.1 Å². The molecule has 1 fully saturated rings. The molecule has 2 heterocycles. The number of urea groups is 1. The van der Waals surface area contributed by atoms with Gasteiger partial charge in [0.05, 0.1) is 5.88 Å². The lowest BCUT2D eigenvalue weighted by Gasteiger charge is -2.23. The van der Waals surface area contributed by atoms with Gasteiger partial charge >= 0.3 is 6.03 Å². The van der Waals surface area contributed by atoms with Crippen LogP contribution >= 0.6 is 23.4 Å². The maximum absolute atomic E-state index is 12.8. The Morgan fingerprint density at radius 3 is 2.32 bits per heavy atom. The minimum atomic E-state index is -0.589. The van der Waals surface area contributed by atoms with Crippen LogP contribution in [0.15, 0.2) is 77.7 Å². The summed E-state index contributed by atoms with van der Waals surface area (Å²) in [6, 6.07) is 17.8. The number of carbonyl (C=O) groups is 2. The van der Waals surface area contributed by atoms with Crippen LogP contribution in [0.25, 0.3) is 5.69 Å². The maximum Gasteiger partial charge on any atom is 0.323 e. The molecule has 0 spiro atoms. The molecule has 0 bridgehead atoms. The number of nitrogens with one attached hydrogen (secondary N) is 2. The molecule has 3 amide bonds. The highest BCUT2D eigenvalue weighted by molar-refractivity contribution is 7.99. The van der Waals surface area contributed by atoms with E-state index in [4.69, 9.17) is 11.6 Å². The van der Waals surface area contributed by atoms with E-state index in [2.05, 4.69) is 10.6 Å². The van der Waals surface area contributed by atoms with Crippen LogP contribution in [0.1, 0.15) is 0 Å². The number of thioether (sulfide) groups is 1. The van der Waals surface area contributed by atoms with Crippen LogP contribution in [-0.2, 0) is 4.79 Å². The third kappa shape index (κ3) is 4.92. The molecular formula is C22H19ClN4O3S. The Balaban J connectivity index is 1.41. The molecule has 4 rings (SSSR count). The molecule has 31 heavy (non-hydrogen) atoms. The number of hydrogen-bond donors (Lipinski definition) is 2. The van der Waals surface area contributed by atoms with E-state index in [0.717, 1.165) is 0 Å². The first-order valence-corrected chi connectivity index (χ1v) is 11.0. The van der Waals surface area contributed by atoms with E-state index in [1.807, 2.05) is 0 Å². The summed E-state index contributed by atoms with van der Waals surface area (Å²) < 4.78 is 1.52. The first kappa shape index (κ1) is 21.0. The van der Waals surface area contributed by atoms with Crippen molar-refractivity contribution in [3.8, 4) is 5.69 Å². The van der Waals surface area contributed by atoms with Gasteiger partial charge in [-0.1, -0.05) is 17.7 Å². The minimum absolute atomic E-state index is 0.135. The maximum atomic E-state index is 12.8. The number of aromatic nitrogens is 1. The third-order valence-electron chi connectivity index (χ3n) is 4.78. The van der Waals surface area contributed by atoms with E-state index in [0.29, 0.717) is 33.7 Å². The molecule has 0 aliphatic carbocycles. The summed E-state index contributed by atoms with van der Waals surface area (Å²) >= 11 is 7.39. The van der Waals surface area contributed by atoms with Gasteiger partial charge in [-0.05, 0) is 54.6 Å². The fourth-order valence-corrected chi connectivity index (χ4v) is 4.44. The molecule has 1 aliphatic heterocycles. The number of benzene rings is 2. The lowest BCUT2D eigenvalue weighted by atomic mass is 10.2. The summed E-state index contributed by atoms with van der Waals surface area (Å²) in [5.41, 5.74) is 1.76. The van der Waals surface area contributed by atoms with E-state index in [1.165, 1.54) is 27.3 Å². The summed E-state index contributed by atoms with van der Waals surface area (Å²) in [4.78, 5) is 38.9. The standard InChI is InChI=1S/C22H19ClN4O3S/c23-15-4-6-17(7-5-15)25-22(30)27-14-31-13-19(27)21(29)24-16-8-10-18(11-9-16)26-12-2-1-3-20(26)28/h1-12,19H,13-14H2,(H,24,29)(H,25,30)/t19-/m0/s1. The number of nitrogens with zero attached hydrogens (tertiary/aromatic N) is 2. The van der Waals surface area contributed by atoms with Gasteiger partial charge in [0.15, 0.2) is 0 Å². The lowest BCUT2D eigenvalue weighted by Crippen LogP contribution is -2.46.